The van der Waals surface area contributed by atoms with Crippen molar-refractivity contribution in [1.82, 2.24) is 10.2 Å². The number of amides is 2. The number of nitrogen functional groups attached to an aromatic ring is 1. The number of carbonyl (C=O) groups is 3. The lowest BCUT2D eigenvalue weighted by Crippen LogP contribution is -2.42. The van der Waals surface area contributed by atoms with Crippen molar-refractivity contribution < 1.29 is 19.5 Å². The summed E-state index contributed by atoms with van der Waals surface area (Å²) in [7, 11) is 0. The first-order chi connectivity index (χ1) is 17.7. The van der Waals surface area contributed by atoms with Crippen LogP contribution in [0.1, 0.15) is 38.3 Å². The summed E-state index contributed by atoms with van der Waals surface area (Å²) >= 11 is 12.2. The van der Waals surface area contributed by atoms with Crippen LogP contribution in [-0.4, -0.2) is 46.9 Å². The first-order valence-electron chi connectivity index (χ1n) is 11.6. The van der Waals surface area contributed by atoms with E-state index < -0.39 is 17.9 Å². The van der Waals surface area contributed by atoms with Crippen molar-refractivity contribution in [2.24, 2.45) is 0 Å². The van der Waals surface area contributed by atoms with Crippen molar-refractivity contribution in [3.63, 3.8) is 0 Å². The quantitative estimate of drug-likeness (QED) is 0.370. The zero-order valence-electron chi connectivity index (χ0n) is 19.8. The van der Waals surface area contributed by atoms with E-state index in [2.05, 4.69) is 5.32 Å². The molecule has 0 fully saturated rings. The molecule has 7 nitrogen and oxygen atoms in total. The molecule has 190 valence electrons. The van der Waals surface area contributed by atoms with Gasteiger partial charge in [-0.3, -0.25) is 9.59 Å². The Morgan fingerprint density at radius 3 is 2.19 bits per heavy atom. The Balaban J connectivity index is 1.39. The van der Waals surface area contributed by atoms with Gasteiger partial charge in [-0.05, 0) is 59.5 Å². The summed E-state index contributed by atoms with van der Waals surface area (Å²) in [5, 5.41) is 12.5. The van der Waals surface area contributed by atoms with Crippen LogP contribution in [0.15, 0.2) is 72.8 Å². The van der Waals surface area contributed by atoms with E-state index in [4.69, 9.17) is 28.9 Å². The number of nitrogens with two attached hydrogens (primary N) is 1. The number of hydrogen-bond donors (Lipinski definition) is 3. The predicted octanol–water partition coefficient (Wildman–Crippen LogP) is 4.93. The molecule has 0 unspecified atom stereocenters. The molecule has 1 atom stereocenters. The fourth-order valence-corrected chi connectivity index (χ4v) is 4.73. The standard InChI is InChI=1S/C28H25Cl2N3O4/c29-22-2-1-3-23(30)25(22)26(34)32-24(28(36)37)16-17-4-6-18(7-5-17)19-12-14-33(15-13-19)27(35)20-8-10-21(31)11-9-20/h1-12,24H,13-16,31H2,(H,32,34)(H,36,37)/t24-/m0/s1. The lowest BCUT2D eigenvalue weighted by molar-refractivity contribution is -0.139. The minimum absolute atomic E-state index is 0.0366. The van der Waals surface area contributed by atoms with E-state index in [-0.39, 0.29) is 27.9 Å². The van der Waals surface area contributed by atoms with Crippen LogP contribution in [-0.2, 0) is 11.2 Å². The normalized spacial score (nSPS) is 14.0. The summed E-state index contributed by atoms with van der Waals surface area (Å²) < 4.78 is 0. The fraction of sp³-hybridized carbons (Fsp3) is 0.179. The van der Waals surface area contributed by atoms with Gasteiger partial charge in [0.15, 0.2) is 0 Å². The first kappa shape index (κ1) is 26.3. The van der Waals surface area contributed by atoms with Gasteiger partial charge in [0.2, 0.25) is 0 Å². The van der Waals surface area contributed by atoms with E-state index in [1.807, 2.05) is 30.3 Å². The van der Waals surface area contributed by atoms with Crippen molar-refractivity contribution in [2.45, 2.75) is 18.9 Å². The number of halogens is 2. The SMILES string of the molecule is Nc1ccc(C(=O)N2CC=C(c3ccc(C[C@H](NC(=O)c4c(Cl)cccc4Cl)C(=O)O)cc3)CC2)cc1. The number of hydrogen-bond acceptors (Lipinski definition) is 4. The Kier molecular flexibility index (Phi) is 8.16. The molecule has 0 radical (unpaired) electrons. The van der Waals surface area contributed by atoms with Gasteiger partial charge >= 0.3 is 5.97 Å². The zero-order chi connectivity index (χ0) is 26.5. The molecule has 0 bridgehead atoms. The van der Waals surface area contributed by atoms with Crippen LogP contribution in [0, 0.1) is 0 Å². The molecular formula is C28H25Cl2N3O4. The Hall–Kier alpha value is -3.81. The summed E-state index contributed by atoms with van der Waals surface area (Å²) in [5.74, 6) is -1.85. The largest absolute Gasteiger partial charge is 0.480 e. The Labute approximate surface area is 224 Å². The maximum absolute atomic E-state index is 12.7. The highest BCUT2D eigenvalue weighted by molar-refractivity contribution is 6.39. The van der Waals surface area contributed by atoms with Crippen LogP contribution in [0.4, 0.5) is 5.69 Å². The second-order valence-corrected chi connectivity index (χ2v) is 9.53. The maximum Gasteiger partial charge on any atom is 0.326 e. The van der Waals surface area contributed by atoms with E-state index in [9.17, 15) is 19.5 Å². The van der Waals surface area contributed by atoms with Crippen LogP contribution in [0.25, 0.3) is 5.57 Å². The van der Waals surface area contributed by atoms with Gasteiger partial charge in [-0.15, -0.1) is 0 Å². The molecule has 3 aromatic rings. The van der Waals surface area contributed by atoms with Gasteiger partial charge < -0.3 is 21.1 Å². The van der Waals surface area contributed by atoms with Crippen molar-refractivity contribution in [2.75, 3.05) is 18.8 Å². The number of benzene rings is 3. The third-order valence-corrected chi connectivity index (χ3v) is 6.84. The Morgan fingerprint density at radius 1 is 0.973 bits per heavy atom. The molecule has 1 aliphatic rings. The molecule has 37 heavy (non-hydrogen) atoms. The van der Waals surface area contributed by atoms with Gasteiger partial charge in [-0.25, -0.2) is 4.79 Å². The maximum atomic E-state index is 12.7. The number of anilines is 1. The number of carboxylic acids is 1. The molecule has 1 aliphatic heterocycles. The molecule has 4 rings (SSSR count). The molecule has 9 heteroatoms. The van der Waals surface area contributed by atoms with Crippen molar-refractivity contribution in [1.29, 1.82) is 0 Å². The van der Waals surface area contributed by atoms with Gasteiger partial charge in [0.05, 0.1) is 15.6 Å². The van der Waals surface area contributed by atoms with E-state index in [1.165, 1.54) is 12.1 Å². The topological polar surface area (TPSA) is 113 Å². The molecule has 0 spiro atoms. The number of nitrogens with one attached hydrogen (secondary N) is 1. The van der Waals surface area contributed by atoms with E-state index in [0.29, 0.717) is 30.8 Å². The minimum Gasteiger partial charge on any atom is -0.480 e. The average molecular weight is 538 g/mol. The number of aliphatic carboxylic acids is 1. The lowest BCUT2D eigenvalue weighted by atomic mass is 9.96. The highest BCUT2D eigenvalue weighted by Gasteiger charge is 2.24. The monoisotopic (exact) mass is 537 g/mol. The van der Waals surface area contributed by atoms with Gasteiger partial charge in [-0.1, -0.05) is 59.6 Å². The predicted molar refractivity (Wildman–Crippen MR) is 145 cm³/mol. The summed E-state index contributed by atoms with van der Waals surface area (Å²) in [5.41, 5.74) is 9.83. The lowest BCUT2D eigenvalue weighted by Gasteiger charge is -2.27. The van der Waals surface area contributed by atoms with Gasteiger partial charge in [-0.2, -0.15) is 0 Å². The van der Waals surface area contributed by atoms with Crippen molar-refractivity contribution >= 4 is 52.2 Å². The summed E-state index contributed by atoms with van der Waals surface area (Å²) in [6, 6.07) is 17.9. The smallest absolute Gasteiger partial charge is 0.326 e. The third-order valence-electron chi connectivity index (χ3n) is 6.21. The summed E-state index contributed by atoms with van der Waals surface area (Å²) in [4.78, 5) is 39.0. The molecule has 0 aliphatic carbocycles. The number of nitrogens with zero attached hydrogens (tertiary/aromatic N) is 1. The zero-order valence-corrected chi connectivity index (χ0v) is 21.3. The molecular weight excluding hydrogens is 513 g/mol. The van der Waals surface area contributed by atoms with Gasteiger partial charge in [0.25, 0.3) is 11.8 Å². The van der Waals surface area contributed by atoms with Crippen LogP contribution in [0.2, 0.25) is 10.0 Å². The Bertz CT molecular complexity index is 1330. The summed E-state index contributed by atoms with van der Waals surface area (Å²) in [6.07, 6.45) is 2.82. The second-order valence-electron chi connectivity index (χ2n) is 8.71. The highest BCUT2D eigenvalue weighted by Crippen LogP contribution is 2.26. The molecule has 4 N–H and O–H groups in total. The number of carboxylic acid groups (broad SMARTS) is 1. The van der Waals surface area contributed by atoms with Crippen LogP contribution >= 0.6 is 23.2 Å². The number of carbonyl (C=O) groups excluding carboxylic acids is 2. The van der Waals surface area contributed by atoms with Gasteiger partial charge in [0.1, 0.15) is 6.04 Å². The molecule has 1 heterocycles. The van der Waals surface area contributed by atoms with E-state index in [1.54, 1.807) is 35.2 Å². The molecule has 0 aromatic heterocycles. The number of rotatable bonds is 7. The molecule has 0 saturated carbocycles. The third kappa shape index (κ3) is 6.31. The Morgan fingerprint density at radius 2 is 1.62 bits per heavy atom. The average Bonchev–Trinajstić information content (AvgIpc) is 2.89. The second kappa shape index (κ2) is 11.5. The highest BCUT2D eigenvalue weighted by atomic mass is 35.5. The fourth-order valence-electron chi connectivity index (χ4n) is 4.16. The first-order valence-corrected chi connectivity index (χ1v) is 12.4. The summed E-state index contributed by atoms with van der Waals surface area (Å²) in [6.45, 7) is 1.09. The van der Waals surface area contributed by atoms with Gasteiger partial charge in [0, 0.05) is 30.8 Å². The molecule has 0 saturated heterocycles. The van der Waals surface area contributed by atoms with Crippen molar-refractivity contribution in [3.05, 3.63) is 105 Å². The minimum atomic E-state index is -1.17. The van der Waals surface area contributed by atoms with Crippen LogP contribution in [0.5, 0.6) is 0 Å². The van der Waals surface area contributed by atoms with Crippen LogP contribution in [0.3, 0.4) is 0 Å². The molecule has 3 aromatic carbocycles. The van der Waals surface area contributed by atoms with Crippen molar-refractivity contribution in [3.8, 4) is 0 Å². The van der Waals surface area contributed by atoms with E-state index in [0.717, 1.165) is 16.7 Å². The van der Waals surface area contributed by atoms with Crippen LogP contribution < -0.4 is 11.1 Å². The molecule has 2 amide bonds. The van der Waals surface area contributed by atoms with E-state index >= 15 is 0 Å².